The molecule has 0 bridgehead atoms. The lowest BCUT2D eigenvalue weighted by atomic mass is 9.76. The van der Waals surface area contributed by atoms with Crippen LogP contribution < -0.4 is 11.2 Å². The highest BCUT2D eigenvalue weighted by Crippen LogP contribution is 2.38. The zero-order valence-electron chi connectivity index (χ0n) is 17.2. The molecule has 29 heavy (non-hydrogen) atoms. The maximum atomic E-state index is 12.7. The molecule has 1 aromatic heterocycles. The number of ketones is 1. The molecule has 0 saturated carbocycles. The fourth-order valence-corrected chi connectivity index (χ4v) is 4.34. The summed E-state index contributed by atoms with van der Waals surface area (Å²) < 4.78 is 7.52. The van der Waals surface area contributed by atoms with Crippen molar-refractivity contribution in [2.24, 2.45) is 11.1 Å². The summed E-state index contributed by atoms with van der Waals surface area (Å²) in [5.74, 6) is -0.284. The third-order valence-corrected chi connectivity index (χ3v) is 5.69. The number of Topliss-reactive ketones (excluding diaryl/α,β-unsaturated/α-hetero) is 1. The molecule has 1 fully saturated rings. The number of hydrogen-bond donors (Lipinski definition) is 2. The van der Waals surface area contributed by atoms with Crippen molar-refractivity contribution in [3.63, 3.8) is 0 Å². The number of aromatic nitrogens is 1. The summed E-state index contributed by atoms with van der Waals surface area (Å²) in [6.45, 7) is 8.99. The Hall–Kier alpha value is -2.64. The second-order valence-electron chi connectivity index (χ2n) is 8.73. The summed E-state index contributed by atoms with van der Waals surface area (Å²) in [5.41, 5.74) is 13.7. The van der Waals surface area contributed by atoms with Gasteiger partial charge in [-0.25, -0.2) is 5.01 Å². The number of carbonyl (C=O) groups excluding carboxylic acids is 2. The number of hydrazine groups is 1. The van der Waals surface area contributed by atoms with Gasteiger partial charge in [-0.3, -0.25) is 9.59 Å². The molecule has 7 nitrogen and oxygen atoms in total. The number of primary amides is 1. The minimum absolute atomic E-state index is 0.0747. The van der Waals surface area contributed by atoms with Crippen LogP contribution in [0.4, 0.5) is 5.69 Å². The molecular weight excluding hydrogens is 368 g/mol. The molecule has 4 rings (SSSR count). The first-order valence-electron chi connectivity index (χ1n) is 10.0. The van der Waals surface area contributed by atoms with E-state index in [0.29, 0.717) is 30.9 Å². The van der Waals surface area contributed by atoms with Gasteiger partial charge < -0.3 is 20.5 Å². The number of carbonyl (C=O) groups is 2. The van der Waals surface area contributed by atoms with Crippen molar-refractivity contribution in [2.75, 3.05) is 31.7 Å². The number of amides is 1. The molecule has 1 aromatic carbocycles. The van der Waals surface area contributed by atoms with E-state index in [1.807, 2.05) is 30.1 Å². The van der Waals surface area contributed by atoms with Crippen LogP contribution in [0.5, 0.6) is 0 Å². The summed E-state index contributed by atoms with van der Waals surface area (Å²) >= 11 is 0. The van der Waals surface area contributed by atoms with Crippen LogP contribution in [-0.4, -0.2) is 47.6 Å². The lowest BCUT2D eigenvalue weighted by Crippen LogP contribution is -2.40. The molecule has 2 aliphatic rings. The van der Waals surface area contributed by atoms with Crippen molar-refractivity contribution >= 4 is 17.4 Å². The molecule has 0 radical (unpaired) electrons. The third-order valence-electron chi connectivity index (χ3n) is 5.69. The molecule has 3 N–H and O–H groups in total. The molecule has 154 valence electrons. The Morgan fingerprint density at radius 1 is 1.17 bits per heavy atom. The predicted octanol–water partition coefficient (Wildman–Crippen LogP) is 2.70. The molecule has 2 heterocycles. The Bertz CT molecular complexity index is 971. The first-order chi connectivity index (χ1) is 13.7. The smallest absolute Gasteiger partial charge is 0.250 e. The quantitative estimate of drug-likeness (QED) is 0.829. The fourth-order valence-electron chi connectivity index (χ4n) is 4.34. The van der Waals surface area contributed by atoms with Crippen LogP contribution in [-0.2, 0) is 11.2 Å². The van der Waals surface area contributed by atoms with Gasteiger partial charge in [0.25, 0.3) is 5.91 Å². The highest BCUT2D eigenvalue weighted by atomic mass is 16.5. The van der Waals surface area contributed by atoms with E-state index in [4.69, 9.17) is 10.5 Å². The number of anilines is 1. The van der Waals surface area contributed by atoms with Gasteiger partial charge in [0.15, 0.2) is 5.78 Å². The van der Waals surface area contributed by atoms with Crippen LogP contribution in [0.15, 0.2) is 24.3 Å². The minimum atomic E-state index is -0.477. The number of aryl methyl sites for hydroxylation is 1. The molecule has 1 amide bonds. The highest BCUT2D eigenvalue weighted by molar-refractivity contribution is 6.00. The van der Waals surface area contributed by atoms with Gasteiger partial charge in [-0.15, -0.1) is 0 Å². The number of morpholine rings is 1. The molecule has 1 saturated heterocycles. The normalized spacial score (nSPS) is 19.1. The molecule has 0 spiro atoms. The van der Waals surface area contributed by atoms with Crippen molar-refractivity contribution in [2.45, 2.75) is 33.6 Å². The van der Waals surface area contributed by atoms with E-state index in [1.54, 1.807) is 6.07 Å². The van der Waals surface area contributed by atoms with Gasteiger partial charge in [-0.1, -0.05) is 13.8 Å². The van der Waals surface area contributed by atoms with Crippen LogP contribution in [0.1, 0.15) is 52.4 Å². The Morgan fingerprint density at radius 2 is 1.90 bits per heavy atom. The predicted molar refractivity (Wildman–Crippen MR) is 111 cm³/mol. The first-order valence-corrected chi connectivity index (χ1v) is 10.0. The molecule has 0 unspecified atom stereocenters. The van der Waals surface area contributed by atoms with Gasteiger partial charge in [0.05, 0.1) is 24.5 Å². The van der Waals surface area contributed by atoms with Crippen molar-refractivity contribution < 1.29 is 14.3 Å². The number of rotatable bonds is 4. The standard InChI is InChI=1S/C22H28N4O3/c1-14-10-17-19(12-22(2,3)13-20(17)27)26(14)15-4-5-16(21(23)28)18(11-15)24-25-6-8-29-9-7-25/h4-5,10-11,24H,6-9,12-13H2,1-3H3,(H2,23,28). The monoisotopic (exact) mass is 396 g/mol. The SMILES string of the molecule is Cc1cc2c(n1-c1ccc(C(N)=O)c(NN3CCOCC3)c1)CC(C)(C)CC2=O. The number of nitrogens with two attached hydrogens (primary N) is 1. The Morgan fingerprint density at radius 3 is 2.59 bits per heavy atom. The topological polar surface area (TPSA) is 89.6 Å². The Balaban J connectivity index is 1.77. The number of fused-ring (bicyclic) bond motifs is 1. The summed E-state index contributed by atoms with van der Waals surface area (Å²) in [4.78, 5) is 24.6. The van der Waals surface area contributed by atoms with E-state index >= 15 is 0 Å². The Kier molecular flexibility index (Phi) is 4.96. The van der Waals surface area contributed by atoms with Crippen LogP contribution in [0.3, 0.4) is 0 Å². The van der Waals surface area contributed by atoms with E-state index in [9.17, 15) is 9.59 Å². The summed E-state index contributed by atoms with van der Waals surface area (Å²) in [7, 11) is 0. The molecule has 1 aliphatic carbocycles. The van der Waals surface area contributed by atoms with E-state index < -0.39 is 5.91 Å². The van der Waals surface area contributed by atoms with Crippen molar-refractivity contribution in [3.05, 3.63) is 46.8 Å². The zero-order valence-corrected chi connectivity index (χ0v) is 17.2. The molecule has 1 aliphatic heterocycles. The molecule has 0 atom stereocenters. The van der Waals surface area contributed by atoms with Gasteiger partial charge >= 0.3 is 0 Å². The van der Waals surface area contributed by atoms with Crippen LogP contribution in [0.2, 0.25) is 0 Å². The third kappa shape index (κ3) is 3.80. The average molecular weight is 396 g/mol. The van der Waals surface area contributed by atoms with Gasteiger partial charge in [0, 0.05) is 42.1 Å². The largest absolute Gasteiger partial charge is 0.379 e. The van der Waals surface area contributed by atoms with E-state index in [2.05, 4.69) is 23.8 Å². The van der Waals surface area contributed by atoms with Gasteiger partial charge in [0.2, 0.25) is 0 Å². The second-order valence-corrected chi connectivity index (χ2v) is 8.73. The van der Waals surface area contributed by atoms with Gasteiger partial charge in [0.1, 0.15) is 0 Å². The summed E-state index contributed by atoms with van der Waals surface area (Å²) in [5, 5.41) is 2.03. The van der Waals surface area contributed by atoms with Crippen LogP contribution >= 0.6 is 0 Å². The first kappa shape index (κ1) is 19.7. The average Bonchev–Trinajstić information content (AvgIpc) is 2.97. The number of nitrogens with one attached hydrogen (secondary N) is 1. The van der Waals surface area contributed by atoms with Crippen molar-refractivity contribution in [1.29, 1.82) is 0 Å². The summed E-state index contributed by atoms with van der Waals surface area (Å²) in [6, 6.07) is 7.56. The van der Waals surface area contributed by atoms with Crippen LogP contribution in [0, 0.1) is 12.3 Å². The fraction of sp³-hybridized carbons (Fsp3) is 0.455. The maximum absolute atomic E-state index is 12.7. The summed E-state index contributed by atoms with van der Waals surface area (Å²) in [6.07, 6.45) is 1.39. The number of benzene rings is 1. The van der Waals surface area contributed by atoms with E-state index in [1.165, 1.54) is 0 Å². The van der Waals surface area contributed by atoms with Crippen molar-refractivity contribution in [1.82, 2.24) is 9.58 Å². The lowest BCUT2D eigenvalue weighted by molar-refractivity contribution is 0.0496. The highest BCUT2D eigenvalue weighted by Gasteiger charge is 2.34. The number of hydrogen-bond acceptors (Lipinski definition) is 5. The second kappa shape index (κ2) is 7.31. The van der Waals surface area contributed by atoms with E-state index in [0.717, 1.165) is 42.1 Å². The van der Waals surface area contributed by atoms with Crippen LogP contribution in [0.25, 0.3) is 5.69 Å². The van der Waals surface area contributed by atoms with Gasteiger partial charge in [-0.2, -0.15) is 0 Å². The molecule has 7 heteroatoms. The van der Waals surface area contributed by atoms with Gasteiger partial charge in [-0.05, 0) is 43.0 Å². The number of nitrogens with zero attached hydrogens (tertiary/aromatic N) is 2. The minimum Gasteiger partial charge on any atom is -0.379 e. The van der Waals surface area contributed by atoms with Crippen molar-refractivity contribution in [3.8, 4) is 5.69 Å². The molecular formula is C22H28N4O3. The lowest BCUT2D eigenvalue weighted by Gasteiger charge is -2.30. The zero-order chi connectivity index (χ0) is 20.8. The Labute approximate surface area is 170 Å². The maximum Gasteiger partial charge on any atom is 0.250 e. The number of ether oxygens (including phenoxy) is 1. The van der Waals surface area contributed by atoms with E-state index in [-0.39, 0.29) is 11.2 Å². The molecule has 2 aromatic rings.